The van der Waals surface area contributed by atoms with Crippen molar-refractivity contribution in [2.75, 3.05) is 6.61 Å². The Morgan fingerprint density at radius 3 is 2.26 bits per heavy atom. The number of allylic oxidation sites excluding steroid dienone is 2. The van der Waals surface area contributed by atoms with Gasteiger partial charge in [-0.2, -0.15) is 0 Å². The fraction of sp³-hybridized carbons (Fsp3) is 0.917. The third-order valence-corrected chi connectivity index (χ3v) is 15.2. The van der Waals surface area contributed by atoms with Crippen LogP contribution in [0.2, 0.25) is 0 Å². The van der Waals surface area contributed by atoms with E-state index in [4.69, 9.17) is 4.74 Å². The van der Waals surface area contributed by atoms with Crippen molar-refractivity contribution < 1.29 is 34.3 Å². The highest BCUT2D eigenvalue weighted by Crippen LogP contribution is 2.76. The van der Waals surface area contributed by atoms with E-state index in [9.17, 15) is 25.2 Å². The van der Waals surface area contributed by atoms with Crippen LogP contribution in [0.25, 0.3) is 0 Å². The Hall–Kier alpha value is -0.860. The van der Waals surface area contributed by atoms with Crippen LogP contribution in [0, 0.1) is 50.2 Å². The van der Waals surface area contributed by atoms with E-state index >= 15 is 4.39 Å². The number of aliphatic hydroxyl groups is 4. The second kappa shape index (κ2) is 10.1. The molecule has 6 nitrogen and oxygen atoms in total. The van der Waals surface area contributed by atoms with Gasteiger partial charge >= 0.3 is 0 Å². The minimum atomic E-state index is -1.57. The second-order valence-corrected chi connectivity index (χ2v) is 17.8. The van der Waals surface area contributed by atoms with Crippen LogP contribution in [-0.4, -0.2) is 69.5 Å². The van der Waals surface area contributed by atoms with Crippen molar-refractivity contribution in [3.63, 3.8) is 0 Å². The molecule has 244 valence electrons. The third kappa shape index (κ3) is 4.22. The molecule has 13 atom stereocenters. The van der Waals surface area contributed by atoms with E-state index in [2.05, 4.69) is 54.5 Å². The Bertz CT molecular complexity index is 1160. The molecule has 0 aromatic rings. The maximum absolute atomic E-state index is 17.3. The number of hydrogen-bond donors (Lipinski definition) is 4. The normalized spacial score (nSPS) is 53.0. The largest absolute Gasteiger partial charge is 0.394 e. The summed E-state index contributed by atoms with van der Waals surface area (Å²) >= 11 is 0. The van der Waals surface area contributed by atoms with E-state index in [0.29, 0.717) is 36.9 Å². The summed E-state index contributed by atoms with van der Waals surface area (Å²) in [6.45, 7) is 15.8. The number of ketones is 1. The highest BCUT2D eigenvalue weighted by molar-refractivity contribution is 5.85. The number of Topliss-reactive ketones (excluding diaryl/α,β-unsaturated/α-hetero) is 1. The summed E-state index contributed by atoms with van der Waals surface area (Å²) in [7, 11) is 0. The van der Waals surface area contributed by atoms with Crippen molar-refractivity contribution in [2.24, 2.45) is 50.2 Å². The highest BCUT2D eigenvalue weighted by Gasteiger charge is 2.70. The fourth-order valence-corrected chi connectivity index (χ4v) is 12.3. The number of carbonyl (C=O) groups is 1. The molecule has 5 aliphatic carbocycles. The van der Waals surface area contributed by atoms with E-state index in [1.54, 1.807) is 0 Å². The molecule has 0 spiro atoms. The lowest BCUT2D eigenvalue weighted by atomic mass is 9.33. The number of rotatable bonds is 3. The van der Waals surface area contributed by atoms with Gasteiger partial charge in [0.05, 0.1) is 6.61 Å². The predicted molar refractivity (Wildman–Crippen MR) is 163 cm³/mol. The van der Waals surface area contributed by atoms with E-state index in [1.165, 1.54) is 5.57 Å². The van der Waals surface area contributed by atoms with Crippen LogP contribution in [0.4, 0.5) is 4.39 Å². The summed E-state index contributed by atoms with van der Waals surface area (Å²) in [6, 6.07) is 0. The van der Waals surface area contributed by atoms with Crippen LogP contribution in [0.15, 0.2) is 11.6 Å². The fourth-order valence-electron chi connectivity index (χ4n) is 12.3. The molecule has 5 fully saturated rings. The van der Waals surface area contributed by atoms with Crippen molar-refractivity contribution in [1.29, 1.82) is 0 Å². The van der Waals surface area contributed by atoms with E-state index in [1.807, 2.05) is 0 Å². The minimum Gasteiger partial charge on any atom is -0.394 e. The molecule has 7 unspecified atom stereocenters. The lowest BCUT2D eigenvalue weighted by molar-refractivity contribution is -0.261. The molecule has 43 heavy (non-hydrogen) atoms. The van der Waals surface area contributed by atoms with Gasteiger partial charge in [0.15, 0.2) is 0 Å². The lowest BCUT2D eigenvalue weighted by Crippen LogP contribution is -2.67. The molecule has 1 aliphatic heterocycles. The number of aliphatic hydroxyl groups excluding tert-OH is 4. The predicted octanol–water partition coefficient (Wildman–Crippen LogP) is 5.54. The lowest BCUT2D eigenvalue weighted by Gasteiger charge is -2.71. The first-order valence-electron chi connectivity index (χ1n) is 17.1. The molecule has 1 saturated heterocycles. The zero-order valence-corrected chi connectivity index (χ0v) is 27.5. The molecule has 0 aromatic carbocycles. The molecule has 0 bridgehead atoms. The Labute approximate surface area is 257 Å². The summed E-state index contributed by atoms with van der Waals surface area (Å²) in [4.78, 5) is 13.1. The van der Waals surface area contributed by atoms with Gasteiger partial charge in [-0.15, -0.1) is 0 Å². The Morgan fingerprint density at radius 1 is 0.907 bits per heavy atom. The maximum Gasteiger partial charge on any atom is 0.138 e. The third-order valence-electron chi connectivity index (χ3n) is 15.2. The second-order valence-electron chi connectivity index (χ2n) is 17.8. The molecule has 7 heteroatoms. The molecule has 0 amide bonds. The van der Waals surface area contributed by atoms with Crippen molar-refractivity contribution in [2.45, 2.75) is 149 Å². The van der Waals surface area contributed by atoms with Crippen LogP contribution in [-0.2, 0) is 9.53 Å². The number of fused-ring (bicyclic) bond motifs is 7. The molecule has 6 aliphatic rings. The molecule has 4 N–H and O–H groups in total. The van der Waals surface area contributed by atoms with Gasteiger partial charge in [0.1, 0.15) is 42.5 Å². The van der Waals surface area contributed by atoms with Crippen LogP contribution in [0.1, 0.15) is 113 Å². The summed E-state index contributed by atoms with van der Waals surface area (Å²) in [5.41, 5.74) is 0.366. The van der Waals surface area contributed by atoms with Gasteiger partial charge in [-0.25, -0.2) is 4.39 Å². The van der Waals surface area contributed by atoms with Crippen molar-refractivity contribution in [1.82, 2.24) is 0 Å². The molecule has 6 rings (SSSR count). The summed E-state index contributed by atoms with van der Waals surface area (Å²) < 4.78 is 23.2. The summed E-state index contributed by atoms with van der Waals surface area (Å²) in [5.74, 6) is 1.21. The maximum atomic E-state index is 17.3. The first-order chi connectivity index (χ1) is 19.9. The van der Waals surface area contributed by atoms with Gasteiger partial charge < -0.3 is 25.2 Å². The van der Waals surface area contributed by atoms with Crippen molar-refractivity contribution in [3.05, 3.63) is 11.6 Å². The van der Waals surface area contributed by atoms with E-state index < -0.39 is 48.7 Å². The van der Waals surface area contributed by atoms with Gasteiger partial charge in [-0.3, -0.25) is 4.79 Å². The quantitative estimate of drug-likeness (QED) is 0.315. The number of carbonyl (C=O) groups excluding carboxylic acids is 1. The minimum absolute atomic E-state index is 0.0231. The SMILES string of the molecule is CC1(C)CC[C@]2(C(F)[C@@H]3OC(CO)[C@H](O)C(O)C3O)CC[C@]3(C)C(=CCC4[C@@]5(C)CCC(=O)C(C)(C)C5CC[C@]43C)C2C1. The highest BCUT2D eigenvalue weighted by atomic mass is 19.1. The summed E-state index contributed by atoms with van der Waals surface area (Å²) in [5, 5.41) is 41.8. The van der Waals surface area contributed by atoms with Gasteiger partial charge in [-0.05, 0) is 97.2 Å². The van der Waals surface area contributed by atoms with Crippen LogP contribution < -0.4 is 0 Å². The average molecular weight is 605 g/mol. The molecule has 1 heterocycles. The van der Waals surface area contributed by atoms with E-state index in [0.717, 1.165) is 44.9 Å². The molecule has 4 saturated carbocycles. The number of alkyl halides is 1. The van der Waals surface area contributed by atoms with Gasteiger partial charge in [0.25, 0.3) is 0 Å². The first kappa shape index (κ1) is 32.1. The van der Waals surface area contributed by atoms with Crippen LogP contribution in [0.5, 0.6) is 0 Å². The van der Waals surface area contributed by atoms with E-state index in [-0.39, 0.29) is 33.0 Å². The number of hydrogen-bond acceptors (Lipinski definition) is 6. The standard InChI is InChI=1S/C36H57FO6/c1-31(2)14-16-36(30(37)29-28(42)27(41)26(40)22(19-38)43-29)17-15-34(6)20(21(36)18-31)8-9-24-33(5)12-11-25(39)32(3,4)23(33)10-13-35(24,34)7/h8,21-24,26-30,38,40-42H,9-19H2,1-7H3/t21?,22?,23?,24?,26-,27?,28?,29+,30?,33-,34+,35+,36-/m0/s1. The molecular weight excluding hydrogens is 547 g/mol. The van der Waals surface area contributed by atoms with Crippen LogP contribution >= 0.6 is 0 Å². The topological polar surface area (TPSA) is 107 Å². The Morgan fingerprint density at radius 2 is 1.58 bits per heavy atom. The Kier molecular flexibility index (Phi) is 7.51. The van der Waals surface area contributed by atoms with Gasteiger partial charge in [0, 0.05) is 17.3 Å². The summed E-state index contributed by atoms with van der Waals surface area (Å²) in [6.07, 6.45) is 2.45. The molecule has 0 radical (unpaired) electrons. The zero-order valence-electron chi connectivity index (χ0n) is 27.5. The number of halogens is 1. The zero-order chi connectivity index (χ0) is 31.5. The van der Waals surface area contributed by atoms with Crippen molar-refractivity contribution >= 4 is 5.78 Å². The monoisotopic (exact) mass is 604 g/mol. The first-order valence-corrected chi connectivity index (χ1v) is 17.1. The smallest absolute Gasteiger partial charge is 0.138 e. The van der Waals surface area contributed by atoms with Crippen LogP contribution in [0.3, 0.4) is 0 Å². The van der Waals surface area contributed by atoms with Gasteiger partial charge in [-0.1, -0.05) is 60.1 Å². The number of ether oxygens (including phenoxy) is 1. The molecular formula is C36H57FO6. The molecule has 0 aromatic heterocycles. The Balaban J connectivity index is 1.40. The van der Waals surface area contributed by atoms with Crippen molar-refractivity contribution in [3.8, 4) is 0 Å². The average Bonchev–Trinajstić information content (AvgIpc) is 2.94. The van der Waals surface area contributed by atoms with Gasteiger partial charge in [0.2, 0.25) is 0 Å².